The van der Waals surface area contributed by atoms with E-state index in [1.54, 1.807) is 6.20 Å². The molecule has 0 aliphatic carbocycles. The number of aromatic nitrogens is 1. The van der Waals surface area contributed by atoms with Crippen molar-refractivity contribution in [2.24, 2.45) is 0 Å². The zero-order valence-corrected chi connectivity index (χ0v) is 9.67. The minimum absolute atomic E-state index is 0.616. The minimum Gasteiger partial charge on any atom is -0.254 e. The van der Waals surface area contributed by atoms with Crippen molar-refractivity contribution in [1.29, 1.82) is 5.26 Å². The molecule has 0 aliphatic heterocycles. The highest BCUT2D eigenvalue weighted by Gasteiger charge is 2.07. The van der Waals surface area contributed by atoms with Gasteiger partial charge < -0.3 is 0 Å². The van der Waals surface area contributed by atoms with Crippen molar-refractivity contribution in [3.63, 3.8) is 0 Å². The molecule has 1 heterocycles. The lowest BCUT2D eigenvalue weighted by Crippen LogP contribution is -1.89. The van der Waals surface area contributed by atoms with Crippen LogP contribution in [0.1, 0.15) is 5.56 Å². The van der Waals surface area contributed by atoms with Crippen LogP contribution >= 0.6 is 0 Å². The van der Waals surface area contributed by atoms with Crippen LogP contribution in [0.25, 0.3) is 22.0 Å². The Hall–Kier alpha value is -2.66. The molecule has 84 valence electrons. The average Bonchev–Trinajstić information content (AvgIpc) is 2.47. The van der Waals surface area contributed by atoms with Crippen molar-refractivity contribution in [2.45, 2.75) is 0 Å². The van der Waals surface area contributed by atoms with Crippen LogP contribution in [0.3, 0.4) is 0 Å². The Balaban J connectivity index is 2.36. The van der Waals surface area contributed by atoms with Crippen LogP contribution in [0.5, 0.6) is 0 Å². The summed E-state index contributed by atoms with van der Waals surface area (Å²) in [5.41, 5.74) is 2.61. The van der Waals surface area contributed by atoms with E-state index in [1.807, 2.05) is 54.6 Å². The number of hydrogen-bond donors (Lipinski definition) is 0. The van der Waals surface area contributed by atoms with Crippen molar-refractivity contribution >= 4 is 10.8 Å². The molecular weight excluding hydrogens is 220 g/mol. The second-order valence-electron chi connectivity index (χ2n) is 4.04. The summed E-state index contributed by atoms with van der Waals surface area (Å²) in [4.78, 5) is 4.43. The highest BCUT2D eigenvalue weighted by atomic mass is 14.7. The Kier molecular flexibility index (Phi) is 2.51. The van der Waals surface area contributed by atoms with Gasteiger partial charge in [0.1, 0.15) is 6.07 Å². The van der Waals surface area contributed by atoms with Crippen molar-refractivity contribution in [2.75, 3.05) is 0 Å². The van der Waals surface area contributed by atoms with E-state index in [2.05, 4.69) is 11.1 Å². The third kappa shape index (κ3) is 1.63. The number of hydrogen-bond acceptors (Lipinski definition) is 2. The van der Waals surface area contributed by atoms with Crippen LogP contribution in [0.4, 0.5) is 0 Å². The first-order valence-electron chi connectivity index (χ1n) is 5.73. The van der Waals surface area contributed by atoms with Gasteiger partial charge in [-0.25, -0.2) is 0 Å². The zero-order valence-electron chi connectivity index (χ0n) is 9.67. The Morgan fingerprint density at radius 3 is 2.22 bits per heavy atom. The third-order valence-electron chi connectivity index (χ3n) is 2.96. The predicted octanol–water partition coefficient (Wildman–Crippen LogP) is 3.77. The molecule has 0 radical (unpaired) electrons. The number of fused-ring (bicyclic) bond motifs is 1. The summed E-state index contributed by atoms with van der Waals surface area (Å²) in [5.74, 6) is 0. The molecule has 0 saturated heterocycles. The maximum atomic E-state index is 9.11. The quantitative estimate of drug-likeness (QED) is 0.638. The van der Waals surface area contributed by atoms with Gasteiger partial charge in [0.15, 0.2) is 0 Å². The van der Waals surface area contributed by atoms with Crippen LogP contribution in [-0.4, -0.2) is 4.98 Å². The molecule has 0 amide bonds. The SMILES string of the molecule is N#Cc1cnc(-c2ccccc2)c2ccccc12. The van der Waals surface area contributed by atoms with Gasteiger partial charge in [0, 0.05) is 22.5 Å². The molecule has 0 aliphatic rings. The van der Waals surface area contributed by atoms with E-state index in [9.17, 15) is 0 Å². The first-order valence-corrected chi connectivity index (χ1v) is 5.73. The summed E-state index contributed by atoms with van der Waals surface area (Å²) in [6, 6.07) is 20.1. The van der Waals surface area contributed by atoms with Gasteiger partial charge in [-0.2, -0.15) is 5.26 Å². The highest BCUT2D eigenvalue weighted by molar-refractivity contribution is 5.97. The molecule has 2 heteroatoms. The molecule has 2 nitrogen and oxygen atoms in total. The fraction of sp³-hybridized carbons (Fsp3) is 0. The molecular formula is C16H10N2. The molecule has 3 aromatic rings. The Morgan fingerprint density at radius 2 is 1.50 bits per heavy atom. The molecule has 1 aromatic heterocycles. The van der Waals surface area contributed by atoms with Gasteiger partial charge in [-0.3, -0.25) is 4.98 Å². The van der Waals surface area contributed by atoms with Gasteiger partial charge in [-0.05, 0) is 0 Å². The molecule has 0 atom stereocenters. The molecule has 2 aromatic carbocycles. The van der Waals surface area contributed by atoms with E-state index >= 15 is 0 Å². The van der Waals surface area contributed by atoms with Crippen LogP contribution in [-0.2, 0) is 0 Å². The summed E-state index contributed by atoms with van der Waals surface area (Å²) in [7, 11) is 0. The Morgan fingerprint density at radius 1 is 0.833 bits per heavy atom. The van der Waals surface area contributed by atoms with Crippen LogP contribution in [0.15, 0.2) is 60.8 Å². The van der Waals surface area contributed by atoms with Crippen molar-refractivity contribution in [3.05, 3.63) is 66.4 Å². The van der Waals surface area contributed by atoms with Crippen LogP contribution in [0, 0.1) is 11.3 Å². The summed E-state index contributed by atoms with van der Waals surface area (Å²) < 4.78 is 0. The lowest BCUT2D eigenvalue weighted by atomic mass is 10.0. The standard InChI is InChI=1S/C16H10N2/c17-10-13-11-18-16(12-6-2-1-3-7-12)15-9-5-4-8-14(13)15/h1-9,11H. The molecule has 18 heavy (non-hydrogen) atoms. The second-order valence-corrected chi connectivity index (χ2v) is 4.04. The number of rotatable bonds is 1. The lowest BCUT2D eigenvalue weighted by Gasteiger charge is -2.06. The molecule has 0 unspecified atom stereocenters. The van der Waals surface area contributed by atoms with Gasteiger partial charge in [-0.1, -0.05) is 54.6 Å². The molecule has 0 N–H and O–H groups in total. The van der Waals surface area contributed by atoms with Gasteiger partial charge in [0.2, 0.25) is 0 Å². The predicted molar refractivity (Wildman–Crippen MR) is 71.9 cm³/mol. The largest absolute Gasteiger partial charge is 0.254 e. The van der Waals surface area contributed by atoms with E-state index in [0.717, 1.165) is 22.0 Å². The first-order chi connectivity index (χ1) is 8.90. The van der Waals surface area contributed by atoms with Crippen LogP contribution in [0.2, 0.25) is 0 Å². The van der Waals surface area contributed by atoms with E-state index in [-0.39, 0.29) is 0 Å². The third-order valence-corrected chi connectivity index (χ3v) is 2.96. The van der Waals surface area contributed by atoms with E-state index in [0.29, 0.717) is 5.56 Å². The smallest absolute Gasteiger partial charge is 0.101 e. The second kappa shape index (κ2) is 4.31. The number of nitrogens with zero attached hydrogens (tertiary/aromatic N) is 2. The zero-order chi connectivity index (χ0) is 12.4. The minimum atomic E-state index is 0.616. The van der Waals surface area contributed by atoms with Gasteiger partial charge in [0.25, 0.3) is 0 Å². The molecule has 0 bridgehead atoms. The fourth-order valence-corrected chi connectivity index (χ4v) is 2.11. The maximum absolute atomic E-state index is 9.11. The summed E-state index contributed by atoms with van der Waals surface area (Å²) >= 11 is 0. The summed E-state index contributed by atoms with van der Waals surface area (Å²) in [5, 5.41) is 11.1. The molecule has 0 fully saturated rings. The Labute approximate surface area is 105 Å². The van der Waals surface area contributed by atoms with Gasteiger partial charge >= 0.3 is 0 Å². The highest BCUT2D eigenvalue weighted by Crippen LogP contribution is 2.27. The number of pyridine rings is 1. The number of nitriles is 1. The summed E-state index contributed by atoms with van der Waals surface area (Å²) in [6.45, 7) is 0. The maximum Gasteiger partial charge on any atom is 0.101 e. The first kappa shape index (κ1) is 10.5. The van der Waals surface area contributed by atoms with E-state index in [4.69, 9.17) is 5.26 Å². The topological polar surface area (TPSA) is 36.7 Å². The molecule has 3 rings (SSSR count). The average molecular weight is 230 g/mol. The normalized spacial score (nSPS) is 10.2. The van der Waals surface area contributed by atoms with Crippen molar-refractivity contribution in [1.82, 2.24) is 4.98 Å². The fourth-order valence-electron chi connectivity index (χ4n) is 2.11. The van der Waals surface area contributed by atoms with Crippen molar-refractivity contribution in [3.8, 4) is 17.3 Å². The Bertz CT molecular complexity index is 740. The van der Waals surface area contributed by atoms with E-state index < -0.39 is 0 Å². The molecule has 0 saturated carbocycles. The summed E-state index contributed by atoms with van der Waals surface area (Å²) in [6.07, 6.45) is 1.64. The van der Waals surface area contributed by atoms with Gasteiger partial charge in [-0.15, -0.1) is 0 Å². The number of benzene rings is 2. The lowest BCUT2D eigenvalue weighted by molar-refractivity contribution is 1.33. The van der Waals surface area contributed by atoms with Crippen LogP contribution < -0.4 is 0 Å². The monoisotopic (exact) mass is 230 g/mol. The van der Waals surface area contributed by atoms with Crippen molar-refractivity contribution < 1.29 is 0 Å². The molecule has 0 spiro atoms. The van der Waals surface area contributed by atoms with Gasteiger partial charge in [0.05, 0.1) is 11.3 Å². The van der Waals surface area contributed by atoms with E-state index in [1.165, 1.54) is 0 Å².